The fourth-order valence-electron chi connectivity index (χ4n) is 3.73. The molecule has 3 heterocycles. The van der Waals surface area contributed by atoms with Crippen LogP contribution in [0.1, 0.15) is 18.6 Å². The number of hydrogen-bond acceptors (Lipinski definition) is 5. The maximum Gasteiger partial charge on any atom is 0.236 e. The van der Waals surface area contributed by atoms with E-state index < -0.39 is 0 Å². The summed E-state index contributed by atoms with van der Waals surface area (Å²) in [5, 5.41) is 4.89. The third-order valence-electron chi connectivity index (χ3n) is 5.36. The number of piperazine rings is 1. The molecule has 0 bridgehead atoms. The van der Waals surface area contributed by atoms with Crippen LogP contribution >= 0.6 is 11.6 Å². The second-order valence-corrected chi connectivity index (χ2v) is 7.76. The van der Waals surface area contributed by atoms with E-state index in [1.807, 2.05) is 35.2 Å². The third-order valence-corrected chi connectivity index (χ3v) is 5.61. The van der Waals surface area contributed by atoms with Gasteiger partial charge in [0.2, 0.25) is 5.91 Å². The molecule has 0 N–H and O–H groups in total. The van der Waals surface area contributed by atoms with Crippen molar-refractivity contribution < 1.29 is 9.32 Å². The van der Waals surface area contributed by atoms with Crippen LogP contribution < -0.4 is 0 Å². The Labute approximate surface area is 164 Å². The predicted octanol–water partition coefficient (Wildman–Crippen LogP) is 2.74. The number of nitrogens with zero attached hydrogens (tertiary/aromatic N) is 4. The van der Waals surface area contributed by atoms with Crippen molar-refractivity contribution in [2.24, 2.45) is 0 Å². The lowest BCUT2D eigenvalue weighted by atomic mass is 10.1. The van der Waals surface area contributed by atoms with E-state index in [1.165, 1.54) is 0 Å². The van der Waals surface area contributed by atoms with Gasteiger partial charge in [0.1, 0.15) is 5.69 Å². The lowest BCUT2D eigenvalue weighted by Gasteiger charge is -2.34. The molecule has 4 rings (SSSR count). The summed E-state index contributed by atoms with van der Waals surface area (Å²) in [7, 11) is 0. The molecule has 2 saturated heterocycles. The van der Waals surface area contributed by atoms with Gasteiger partial charge in [0.05, 0.1) is 13.1 Å². The van der Waals surface area contributed by atoms with E-state index in [-0.39, 0.29) is 5.91 Å². The average Bonchev–Trinajstić information content (AvgIpc) is 3.36. The van der Waals surface area contributed by atoms with E-state index in [4.69, 9.17) is 16.1 Å². The lowest BCUT2D eigenvalue weighted by molar-refractivity contribution is -0.131. The SMILES string of the molecule is O=C(CN1CCN(Cc2cc(-c3ccc(Cl)cc3)no2)CC1)N1CCCC1. The van der Waals surface area contributed by atoms with E-state index >= 15 is 0 Å². The van der Waals surface area contributed by atoms with Crippen molar-refractivity contribution >= 4 is 17.5 Å². The van der Waals surface area contributed by atoms with Gasteiger partial charge >= 0.3 is 0 Å². The van der Waals surface area contributed by atoms with Crippen molar-refractivity contribution in [3.8, 4) is 11.3 Å². The Bertz CT molecular complexity index is 763. The van der Waals surface area contributed by atoms with Crippen molar-refractivity contribution in [2.75, 3.05) is 45.8 Å². The van der Waals surface area contributed by atoms with Crippen molar-refractivity contribution in [1.29, 1.82) is 0 Å². The van der Waals surface area contributed by atoms with Crippen LogP contribution in [0.3, 0.4) is 0 Å². The average molecular weight is 389 g/mol. The van der Waals surface area contributed by atoms with E-state index in [0.29, 0.717) is 11.6 Å². The zero-order chi connectivity index (χ0) is 18.6. The molecule has 1 amide bonds. The van der Waals surface area contributed by atoms with E-state index in [2.05, 4.69) is 15.0 Å². The lowest BCUT2D eigenvalue weighted by Crippen LogP contribution is -2.49. The first-order chi connectivity index (χ1) is 13.2. The molecule has 0 spiro atoms. The Hall–Kier alpha value is -1.89. The minimum atomic E-state index is 0.281. The molecule has 27 heavy (non-hydrogen) atoms. The summed E-state index contributed by atoms with van der Waals surface area (Å²) < 4.78 is 5.51. The third kappa shape index (κ3) is 4.69. The highest BCUT2D eigenvalue weighted by Gasteiger charge is 2.24. The summed E-state index contributed by atoms with van der Waals surface area (Å²) in [5.41, 5.74) is 1.83. The molecular formula is C20H25ClN4O2. The summed E-state index contributed by atoms with van der Waals surface area (Å²) in [5.74, 6) is 1.14. The van der Waals surface area contributed by atoms with Crippen LogP contribution in [-0.2, 0) is 11.3 Å². The molecule has 0 saturated carbocycles. The van der Waals surface area contributed by atoms with Gasteiger partial charge < -0.3 is 9.42 Å². The van der Waals surface area contributed by atoms with Gasteiger partial charge in [-0.1, -0.05) is 28.9 Å². The number of benzene rings is 1. The predicted molar refractivity (Wildman–Crippen MR) is 104 cm³/mol. The van der Waals surface area contributed by atoms with Crippen LogP contribution in [0.2, 0.25) is 5.02 Å². The number of hydrogen-bond donors (Lipinski definition) is 0. The van der Waals surface area contributed by atoms with Crippen LogP contribution in [0.5, 0.6) is 0 Å². The molecule has 0 unspecified atom stereocenters. The summed E-state index contributed by atoms with van der Waals surface area (Å²) in [4.78, 5) is 18.9. The highest BCUT2D eigenvalue weighted by atomic mass is 35.5. The fraction of sp³-hybridized carbons (Fsp3) is 0.500. The van der Waals surface area contributed by atoms with Crippen LogP contribution in [0.15, 0.2) is 34.9 Å². The Morgan fingerprint density at radius 3 is 2.37 bits per heavy atom. The van der Waals surface area contributed by atoms with Crippen LogP contribution in [0.25, 0.3) is 11.3 Å². The minimum Gasteiger partial charge on any atom is -0.359 e. The number of carbonyl (C=O) groups is 1. The first-order valence-electron chi connectivity index (χ1n) is 9.61. The Kier molecular flexibility index (Phi) is 5.76. The van der Waals surface area contributed by atoms with Crippen molar-refractivity contribution in [1.82, 2.24) is 19.9 Å². The number of aromatic nitrogens is 1. The first-order valence-corrected chi connectivity index (χ1v) is 9.99. The zero-order valence-corrected chi connectivity index (χ0v) is 16.2. The maximum absolute atomic E-state index is 12.3. The molecule has 7 heteroatoms. The maximum atomic E-state index is 12.3. The number of likely N-dealkylation sites (tertiary alicyclic amines) is 1. The minimum absolute atomic E-state index is 0.281. The monoisotopic (exact) mass is 388 g/mol. The molecule has 144 valence electrons. The molecule has 1 aromatic heterocycles. The van der Waals surface area contributed by atoms with Crippen molar-refractivity contribution in [3.63, 3.8) is 0 Å². The number of halogens is 1. The van der Waals surface area contributed by atoms with Gasteiger partial charge in [0.15, 0.2) is 5.76 Å². The van der Waals surface area contributed by atoms with E-state index in [9.17, 15) is 4.79 Å². The molecule has 2 aromatic rings. The van der Waals surface area contributed by atoms with Gasteiger partial charge in [-0.3, -0.25) is 14.6 Å². The van der Waals surface area contributed by atoms with Gasteiger partial charge in [0, 0.05) is 55.9 Å². The van der Waals surface area contributed by atoms with Gasteiger partial charge in [-0.15, -0.1) is 0 Å². The molecule has 2 aliphatic rings. The molecule has 2 fully saturated rings. The Balaban J connectivity index is 1.26. The van der Waals surface area contributed by atoms with Gasteiger partial charge in [-0.25, -0.2) is 0 Å². The fourth-order valence-corrected chi connectivity index (χ4v) is 3.85. The summed E-state index contributed by atoms with van der Waals surface area (Å²) in [6.07, 6.45) is 2.30. The number of carbonyl (C=O) groups excluding carboxylic acids is 1. The standard InChI is InChI=1S/C20H25ClN4O2/c21-17-5-3-16(4-6-17)19-13-18(27-22-19)14-23-9-11-24(12-10-23)15-20(26)25-7-1-2-8-25/h3-6,13H,1-2,7-12,14-15H2. The van der Waals surface area contributed by atoms with E-state index in [0.717, 1.165) is 75.7 Å². The largest absolute Gasteiger partial charge is 0.359 e. The summed E-state index contributed by atoms with van der Waals surface area (Å²) in [6, 6.07) is 9.59. The molecular weight excluding hydrogens is 364 g/mol. The van der Waals surface area contributed by atoms with Crippen LogP contribution in [0, 0.1) is 0 Å². The highest BCUT2D eigenvalue weighted by molar-refractivity contribution is 6.30. The smallest absolute Gasteiger partial charge is 0.236 e. The van der Waals surface area contributed by atoms with Crippen molar-refractivity contribution in [2.45, 2.75) is 19.4 Å². The Morgan fingerprint density at radius 1 is 1.00 bits per heavy atom. The van der Waals surface area contributed by atoms with Gasteiger partial charge in [-0.05, 0) is 25.0 Å². The zero-order valence-electron chi connectivity index (χ0n) is 15.4. The second kappa shape index (κ2) is 8.42. The normalized spacial score (nSPS) is 18.9. The quantitative estimate of drug-likeness (QED) is 0.788. The van der Waals surface area contributed by atoms with Crippen LogP contribution in [0.4, 0.5) is 0 Å². The van der Waals surface area contributed by atoms with Gasteiger partial charge in [0.25, 0.3) is 0 Å². The van der Waals surface area contributed by atoms with E-state index in [1.54, 1.807) is 0 Å². The molecule has 6 nitrogen and oxygen atoms in total. The summed E-state index contributed by atoms with van der Waals surface area (Å²) >= 11 is 5.94. The van der Waals surface area contributed by atoms with Gasteiger partial charge in [-0.2, -0.15) is 0 Å². The first kappa shape index (κ1) is 18.5. The summed E-state index contributed by atoms with van der Waals surface area (Å²) in [6.45, 7) is 6.86. The Morgan fingerprint density at radius 2 is 1.67 bits per heavy atom. The molecule has 2 aliphatic heterocycles. The number of rotatable bonds is 5. The highest BCUT2D eigenvalue weighted by Crippen LogP contribution is 2.22. The molecule has 0 atom stereocenters. The molecule has 0 aliphatic carbocycles. The number of amides is 1. The van der Waals surface area contributed by atoms with Crippen LogP contribution in [-0.4, -0.2) is 71.6 Å². The topological polar surface area (TPSA) is 52.8 Å². The van der Waals surface area contributed by atoms with Crippen molar-refractivity contribution in [3.05, 3.63) is 41.1 Å². The molecule has 1 aromatic carbocycles. The second-order valence-electron chi connectivity index (χ2n) is 7.33. The molecule has 0 radical (unpaired) electrons.